The first-order valence-electron chi connectivity index (χ1n) is 15.1. The predicted molar refractivity (Wildman–Crippen MR) is 175 cm³/mol. The molecule has 3 aromatic carbocycles. The molecule has 6 aromatic rings. The van der Waals surface area contributed by atoms with Gasteiger partial charge in [0.2, 0.25) is 0 Å². The van der Waals surface area contributed by atoms with Gasteiger partial charge in [0.1, 0.15) is 11.5 Å². The Morgan fingerprint density at radius 3 is 1.89 bits per heavy atom. The van der Waals surface area contributed by atoms with Crippen LogP contribution in [0.2, 0.25) is 0 Å². The van der Waals surface area contributed by atoms with Gasteiger partial charge in [0.15, 0.2) is 0 Å². The Morgan fingerprint density at radius 2 is 1.34 bits per heavy atom. The normalized spacial score (nSPS) is 14.4. The second-order valence-corrected chi connectivity index (χ2v) is 11.7. The topological polar surface area (TPSA) is 114 Å². The van der Waals surface area contributed by atoms with Crippen LogP contribution in [0.1, 0.15) is 52.4 Å². The number of aromatic nitrogens is 3. The molecule has 0 aliphatic carbocycles. The zero-order valence-corrected chi connectivity index (χ0v) is 24.8. The molecule has 0 unspecified atom stereocenters. The van der Waals surface area contributed by atoms with E-state index in [0.29, 0.717) is 5.56 Å². The van der Waals surface area contributed by atoms with Crippen LogP contribution in [0.25, 0.3) is 32.7 Å². The van der Waals surface area contributed by atoms with Crippen LogP contribution in [-0.4, -0.2) is 53.7 Å². The first kappa shape index (κ1) is 26.3. The summed E-state index contributed by atoms with van der Waals surface area (Å²) < 4.78 is 11.0. The van der Waals surface area contributed by atoms with Crippen LogP contribution in [0.3, 0.4) is 0 Å². The first-order chi connectivity index (χ1) is 21.6. The lowest BCUT2D eigenvalue weighted by Crippen LogP contribution is -2.20. The number of fused-ring (bicyclic) bond motifs is 7. The van der Waals surface area contributed by atoms with E-state index in [4.69, 9.17) is 19.5 Å². The van der Waals surface area contributed by atoms with Crippen molar-refractivity contribution in [3.63, 3.8) is 0 Å². The van der Waals surface area contributed by atoms with Gasteiger partial charge in [0.05, 0.1) is 48.7 Å². The van der Waals surface area contributed by atoms with Gasteiger partial charge in [-0.3, -0.25) is 9.98 Å². The molecule has 0 saturated heterocycles. The number of hydrogen-bond acceptors (Lipinski definition) is 5. The van der Waals surface area contributed by atoms with E-state index in [0.717, 1.165) is 95.0 Å². The Hall–Kier alpha value is -5.29. The molecule has 5 heterocycles. The summed E-state index contributed by atoms with van der Waals surface area (Å²) in [6, 6.07) is 20.7. The van der Waals surface area contributed by atoms with E-state index in [2.05, 4.69) is 51.5 Å². The molecule has 0 radical (unpaired) electrons. The third-order valence-corrected chi connectivity index (χ3v) is 9.29. The maximum absolute atomic E-state index is 9.69. The SMILES string of the molecule is COc1ccc2c3c([nH]c2c1)C(CC(CC1=NCCc2c1[nH]c1cc(OC)ccc21)c1c[nH]c2ccc(C#N)cc12)=NCC3. The molecular formula is C36H32N6O2. The van der Waals surface area contributed by atoms with Gasteiger partial charge in [-0.25, -0.2) is 0 Å². The first-order valence-corrected chi connectivity index (χ1v) is 15.1. The van der Waals surface area contributed by atoms with Crippen LogP contribution in [0.5, 0.6) is 11.5 Å². The van der Waals surface area contributed by atoms with Crippen molar-refractivity contribution in [1.82, 2.24) is 15.0 Å². The zero-order chi connectivity index (χ0) is 29.8. The van der Waals surface area contributed by atoms with Crippen LogP contribution in [0, 0.1) is 11.3 Å². The van der Waals surface area contributed by atoms with E-state index < -0.39 is 0 Å². The molecule has 8 heteroatoms. The number of ether oxygens (including phenoxy) is 2. The standard InChI is InChI=1S/C36H32N6O2/c1-43-22-4-6-24-26-9-11-38-33(35(26)41-31(24)16-22)14-21(29-19-40-30-8-3-20(18-37)13-28(29)30)15-34-36-27(10-12-39-34)25-7-5-23(44-2)17-32(25)42-36/h3-8,13,16-17,19,21,40-42H,9-12,14-15H2,1-2H3. The number of nitriles is 1. The summed E-state index contributed by atoms with van der Waals surface area (Å²) >= 11 is 0. The minimum Gasteiger partial charge on any atom is -0.497 e. The Morgan fingerprint density at radius 1 is 0.750 bits per heavy atom. The lowest BCUT2D eigenvalue weighted by molar-refractivity contribution is 0.415. The Kier molecular flexibility index (Phi) is 6.26. The van der Waals surface area contributed by atoms with Crippen molar-refractivity contribution in [2.75, 3.05) is 27.3 Å². The monoisotopic (exact) mass is 580 g/mol. The quantitative estimate of drug-likeness (QED) is 0.189. The van der Waals surface area contributed by atoms with E-state index in [1.54, 1.807) is 14.2 Å². The number of methoxy groups -OCH3 is 2. The Labute approximate surface area is 254 Å². The molecule has 0 amide bonds. The van der Waals surface area contributed by atoms with Gasteiger partial charge < -0.3 is 24.4 Å². The van der Waals surface area contributed by atoms with Crippen molar-refractivity contribution < 1.29 is 9.47 Å². The fourth-order valence-corrected chi connectivity index (χ4v) is 7.14. The maximum atomic E-state index is 9.69. The fraction of sp³-hybridized carbons (Fsp3) is 0.250. The highest BCUT2D eigenvalue weighted by molar-refractivity contribution is 6.09. The highest BCUT2D eigenvalue weighted by Gasteiger charge is 2.29. The van der Waals surface area contributed by atoms with Gasteiger partial charge in [-0.05, 0) is 90.8 Å². The van der Waals surface area contributed by atoms with Crippen molar-refractivity contribution in [3.8, 4) is 17.6 Å². The molecule has 8 nitrogen and oxygen atoms in total. The summed E-state index contributed by atoms with van der Waals surface area (Å²) in [4.78, 5) is 21.0. The summed E-state index contributed by atoms with van der Waals surface area (Å²) in [5, 5.41) is 13.2. The molecular weight excluding hydrogens is 548 g/mol. The number of aliphatic imine (C=N–C) groups is 2. The average Bonchev–Trinajstić information content (AvgIpc) is 3.77. The number of nitrogens with zero attached hydrogens (tertiary/aromatic N) is 3. The largest absolute Gasteiger partial charge is 0.497 e. The van der Waals surface area contributed by atoms with Crippen LogP contribution in [0.15, 0.2) is 70.8 Å². The summed E-state index contributed by atoms with van der Waals surface area (Å²) in [5.41, 5.74) is 12.0. The maximum Gasteiger partial charge on any atom is 0.120 e. The van der Waals surface area contributed by atoms with Crippen molar-refractivity contribution in [1.29, 1.82) is 5.26 Å². The number of rotatable bonds is 7. The third kappa shape index (κ3) is 4.27. The molecule has 3 N–H and O–H groups in total. The molecule has 2 aliphatic heterocycles. The van der Waals surface area contributed by atoms with Crippen LogP contribution >= 0.6 is 0 Å². The van der Waals surface area contributed by atoms with E-state index in [1.807, 2.05) is 30.3 Å². The summed E-state index contributed by atoms with van der Waals surface area (Å²) in [6.07, 6.45) is 5.40. The Balaban J connectivity index is 1.22. The zero-order valence-electron chi connectivity index (χ0n) is 24.8. The van der Waals surface area contributed by atoms with Crippen LogP contribution in [-0.2, 0) is 12.8 Å². The molecule has 44 heavy (non-hydrogen) atoms. The van der Waals surface area contributed by atoms with Crippen molar-refractivity contribution in [2.24, 2.45) is 9.98 Å². The fourth-order valence-electron chi connectivity index (χ4n) is 7.14. The molecule has 0 atom stereocenters. The molecule has 3 aromatic heterocycles. The molecule has 0 bridgehead atoms. The van der Waals surface area contributed by atoms with E-state index >= 15 is 0 Å². The summed E-state index contributed by atoms with van der Waals surface area (Å²) in [7, 11) is 3.40. The predicted octanol–water partition coefficient (Wildman–Crippen LogP) is 6.97. The molecule has 2 aliphatic rings. The van der Waals surface area contributed by atoms with Gasteiger partial charge in [-0.1, -0.05) is 0 Å². The van der Waals surface area contributed by atoms with E-state index in [1.165, 1.54) is 27.5 Å². The highest BCUT2D eigenvalue weighted by Crippen LogP contribution is 2.38. The van der Waals surface area contributed by atoms with Gasteiger partial charge in [0, 0.05) is 64.1 Å². The third-order valence-electron chi connectivity index (χ3n) is 9.29. The number of nitrogens with one attached hydrogen (secondary N) is 3. The lowest BCUT2D eigenvalue weighted by Gasteiger charge is -2.23. The number of aromatic amines is 3. The van der Waals surface area contributed by atoms with Gasteiger partial charge in [-0.15, -0.1) is 0 Å². The van der Waals surface area contributed by atoms with Gasteiger partial charge in [0.25, 0.3) is 0 Å². The molecule has 218 valence electrons. The molecule has 0 spiro atoms. The molecule has 0 fully saturated rings. The number of benzene rings is 3. The average molecular weight is 581 g/mol. The lowest BCUT2D eigenvalue weighted by atomic mass is 9.84. The van der Waals surface area contributed by atoms with Crippen molar-refractivity contribution in [2.45, 2.75) is 31.6 Å². The summed E-state index contributed by atoms with van der Waals surface area (Å²) in [5.74, 6) is 1.75. The summed E-state index contributed by atoms with van der Waals surface area (Å²) in [6.45, 7) is 1.52. The van der Waals surface area contributed by atoms with Gasteiger partial charge >= 0.3 is 0 Å². The van der Waals surface area contributed by atoms with Crippen LogP contribution in [0.4, 0.5) is 0 Å². The minimum absolute atomic E-state index is 0.0778. The smallest absolute Gasteiger partial charge is 0.120 e. The van der Waals surface area contributed by atoms with Crippen molar-refractivity contribution in [3.05, 3.63) is 94.4 Å². The Bertz CT molecular complexity index is 2080. The van der Waals surface area contributed by atoms with Gasteiger partial charge in [-0.2, -0.15) is 5.26 Å². The molecule has 0 saturated carbocycles. The molecule has 8 rings (SSSR count). The van der Waals surface area contributed by atoms with E-state index in [9.17, 15) is 5.26 Å². The highest BCUT2D eigenvalue weighted by atomic mass is 16.5. The van der Waals surface area contributed by atoms with Crippen LogP contribution < -0.4 is 9.47 Å². The van der Waals surface area contributed by atoms with E-state index in [-0.39, 0.29) is 5.92 Å². The number of hydrogen-bond donors (Lipinski definition) is 3. The minimum atomic E-state index is 0.0778. The second kappa shape index (κ2) is 10.5. The number of H-pyrrole nitrogens is 3. The van der Waals surface area contributed by atoms with Crippen molar-refractivity contribution >= 4 is 44.1 Å². The second-order valence-electron chi connectivity index (χ2n) is 11.7.